The van der Waals surface area contributed by atoms with Gasteiger partial charge in [-0.2, -0.15) is 0 Å². The summed E-state index contributed by atoms with van der Waals surface area (Å²) in [5.74, 6) is 1.30. The molecule has 3 aromatic carbocycles. The van der Waals surface area contributed by atoms with Crippen LogP contribution in [0, 0.1) is 0 Å². The fourth-order valence-corrected chi connectivity index (χ4v) is 3.19. The van der Waals surface area contributed by atoms with Crippen molar-refractivity contribution in [3.05, 3.63) is 71.8 Å². The molecule has 4 rings (SSSR count). The lowest BCUT2D eigenvalue weighted by atomic mass is 10.0. The van der Waals surface area contributed by atoms with Crippen LogP contribution in [0.3, 0.4) is 0 Å². The molecule has 0 radical (unpaired) electrons. The maximum atomic E-state index is 12.3. The summed E-state index contributed by atoms with van der Waals surface area (Å²) in [7, 11) is 0. The molecule has 1 aliphatic rings. The molecule has 1 heterocycles. The Labute approximate surface area is 167 Å². The molecule has 0 fully saturated rings. The van der Waals surface area contributed by atoms with Crippen LogP contribution >= 0.6 is 12.2 Å². The van der Waals surface area contributed by atoms with Crippen LogP contribution in [-0.2, 0) is 17.8 Å². The molecule has 0 atom stereocenters. The molecule has 0 spiro atoms. The van der Waals surface area contributed by atoms with Gasteiger partial charge in [0.05, 0.1) is 6.42 Å². The quantitative estimate of drug-likeness (QED) is 0.468. The molecule has 0 unspecified atom stereocenters. The number of ether oxygens (including phenoxy) is 2. The monoisotopic (exact) mass is 393 g/mol. The second-order valence-corrected chi connectivity index (χ2v) is 6.77. The van der Waals surface area contributed by atoms with Gasteiger partial charge in [-0.25, -0.2) is 0 Å². The van der Waals surface area contributed by atoms with Crippen molar-refractivity contribution in [1.82, 2.24) is 16.2 Å². The van der Waals surface area contributed by atoms with Crippen LogP contribution in [0.15, 0.2) is 60.7 Å². The minimum Gasteiger partial charge on any atom is -0.454 e. The molecular weight excluding hydrogens is 374 g/mol. The number of amides is 1. The molecule has 0 aliphatic carbocycles. The van der Waals surface area contributed by atoms with Gasteiger partial charge in [-0.3, -0.25) is 15.6 Å². The van der Waals surface area contributed by atoms with E-state index in [1.54, 1.807) is 0 Å². The van der Waals surface area contributed by atoms with Crippen LogP contribution in [0.5, 0.6) is 11.5 Å². The highest BCUT2D eigenvalue weighted by Crippen LogP contribution is 2.32. The number of hydrogen-bond donors (Lipinski definition) is 3. The molecule has 3 aromatic rings. The normalized spacial score (nSPS) is 11.9. The Bertz CT molecular complexity index is 1030. The Morgan fingerprint density at radius 2 is 1.79 bits per heavy atom. The van der Waals surface area contributed by atoms with Crippen molar-refractivity contribution < 1.29 is 14.3 Å². The van der Waals surface area contributed by atoms with Gasteiger partial charge in [-0.1, -0.05) is 48.5 Å². The van der Waals surface area contributed by atoms with E-state index in [1.165, 1.54) is 0 Å². The van der Waals surface area contributed by atoms with Crippen molar-refractivity contribution in [2.24, 2.45) is 0 Å². The number of thiocarbonyl (C=S) groups is 1. The van der Waals surface area contributed by atoms with Crippen LogP contribution in [0.25, 0.3) is 10.8 Å². The van der Waals surface area contributed by atoms with E-state index in [9.17, 15) is 4.79 Å². The Kier molecular flexibility index (Phi) is 5.25. The number of benzene rings is 3. The lowest BCUT2D eigenvalue weighted by Gasteiger charge is -2.12. The number of nitrogens with one attached hydrogen (secondary N) is 3. The summed E-state index contributed by atoms with van der Waals surface area (Å²) in [5, 5.41) is 5.57. The Balaban J connectivity index is 1.27. The van der Waals surface area contributed by atoms with E-state index in [0.717, 1.165) is 33.4 Å². The minimum atomic E-state index is -0.163. The smallest absolute Gasteiger partial charge is 0.242 e. The summed E-state index contributed by atoms with van der Waals surface area (Å²) < 4.78 is 10.6. The van der Waals surface area contributed by atoms with Crippen molar-refractivity contribution in [2.45, 2.75) is 13.0 Å². The van der Waals surface area contributed by atoms with Gasteiger partial charge in [0.15, 0.2) is 16.6 Å². The van der Waals surface area contributed by atoms with E-state index >= 15 is 0 Å². The van der Waals surface area contributed by atoms with Gasteiger partial charge in [-0.15, -0.1) is 0 Å². The minimum absolute atomic E-state index is 0.163. The maximum Gasteiger partial charge on any atom is 0.242 e. The molecule has 0 saturated heterocycles. The SMILES string of the molecule is O=C(Cc1cccc2ccccc12)NNC(=S)NCc1ccc2c(c1)OCO2. The van der Waals surface area contributed by atoms with E-state index in [1.807, 2.05) is 60.7 Å². The first-order valence-electron chi connectivity index (χ1n) is 8.87. The molecule has 6 nitrogen and oxygen atoms in total. The lowest BCUT2D eigenvalue weighted by Crippen LogP contribution is -2.47. The van der Waals surface area contributed by atoms with Crippen molar-refractivity contribution in [3.8, 4) is 11.5 Å². The van der Waals surface area contributed by atoms with Crippen LogP contribution in [0.4, 0.5) is 0 Å². The van der Waals surface area contributed by atoms with Gasteiger partial charge in [0.25, 0.3) is 0 Å². The van der Waals surface area contributed by atoms with Crippen LogP contribution in [0.2, 0.25) is 0 Å². The highest BCUT2D eigenvalue weighted by Gasteiger charge is 2.13. The number of fused-ring (bicyclic) bond motifs is 2. The first kappa shape index (κ1) is 18.1. The van der Waals surface area contributed by atoms with Crippen molar-refractivity contribution >= 4 is 34.0 Å². The summed E-state index contributed by atoms with van der Waals surface area (Å²) in [4.78, 5) is 12.3. The molecule has 0 aromatic heterocycles. The largest absolute Gasteiger partial charge is 0.454 e. The first-order valence-corrected chi connectivity index (χ1v) is 9.28. The van der Waals surface area contributed by atoms with Gasteiger partial charge < -0.3 is 14.8 Å². The van der Waals surface area contributed by atoms with Gasteiger partial charge in [0.1, 0.15) is 0 Å². The highest BCUT2D eigenvalue weighted by molar-refractivity contribution is 7.80. The highest BCUT2D eigenvalue weighted by atomic mass is 32.1. The van der Waals surface area contributed by atoms with E-state index in [-0.39, 0.29) is 19.1 Å². The molecule has 3 N–H and O–H groups in total. The summed E-state index contributed by atoms with van der Waals surface area (Å²) in [6.45, 7) is 0.747. The fraction of sp³-hybridized carbons (Fsp3) is 0.143. The molecule has 7 heteroatoms. The zero-order valence-corrected chi connectivity index (χ0v) is 15.8. The standard InChI is InChI=1S/C21H19N3O3S/c25-20(11-16-6-3-5-15-4-1-2-7-17(15)16)23-24-21(28)22-12-14-8-9-18-19(10-14)27-13-26-18/h1-10H,11-13H2,(H,23,25)(H2,22,24,28). The van der Waals surface area contributed by atoms with Crippen molar-refractivity contribution in [2.75, 3.05) is 6.79 Å². The number of rotatable bonds is 4. The maximum absolute atomic E-state index is 12.3. The predicted molar refractivity (Wildman–Crippen MR) is 111 cm³/mol. The van der Waals surface area contributed by atoms with Crippen LogP contribution in [-0.4, -0.2) is 17.8 Å². The molecular formula is C21H19N3O3S. The van der Waals surface area contributed by atoms with Crippen molar-refractivity contribution in [3.63, 3.8) is 0 Å². The zero-order valence-electron chi connectivity index (χ0n) is 15.0. The summed E-state index contributed by atoms with van der Waals surface area (Å²) >= 11 is 5.22. The van der Waals surface area contributed by atoms with Crippen LogP contribution in [0.1, 0.15) is 11.1 Å². The fourth-order valence-electron chi connectivity index (χ4n) is 3.07. The number of carbonyl (C=O) groups excluding carboxylic acids is 1. The lowest BCUT2D eigenvalue weighted by molar-refractivity contribution is -0.120. The average Bonchev–Trinajstić information content (AvgIpc) is 3.19. The topological polar surface area (TPSA) is 71.6 Å². The Morgan fingerprint density at radius 1 is 0.964 bits per heavy atom. The van der Waals surface area contributed by atoms with Gasteiger partial charge in [0.2, 0.25) is 12.7 Å². The van der Waals surface area contributed by atoms with Gasteiger partial charge in [-0.05, 0) is 46.2 Å². The second-order valence-electron chi connectivity index (χ2n) is 6.36. The third-order valence-corrected chi connectivity index (χ3v) is 4.68. The van der Waals surface area contributed by atoms with Crippen molar-refractivity contribution in [1.29, 1.82) is 0 Å². The predicted octanol–water partition coefficient (Wildman–Crippen LogP) is 2.81. The van der Waals surface area contributed by atoms with Crippen LogP contribution < -0.4 is 25.6 Å². The molecule has 1 aliphatic heterocycles. The summed E-state index contributed by atoms with van der Waals surface area (Å²) in [6.07, 6.45) is 0.263. The number of carbonyl (C=O) groups is 1. The third-order valence-electron chi connectivity index (χ3n) is 4.44. The Morgan fingerprint density at radius 3 is 2.71 bits per heavy atom. The third kappa shape index (κ3) is 4.15. The zero-order chi connectivity index (χ0) is 19.3. The first-order chi connectivity index (χ1) is 13.7. The molecule has 142 valence electrons. The van der Waals surface area contributed by atoms with E-state index < -0.39 is 0 Å². The average molecular weight is 393 g/mol. The molecule has 0 bridgehead atoms. The molecule has 0 saturated carbocycles. The second kappa shape index (κ2) is 8.14. The molecule has 1 amide bonds. The summed E-state index contributed by atoms with van der Waals surface area (Å²) in [5.41, 5.74) is 7.34. The Hall–Kier alpha value is -3.32. The molecule has 28 heavy (non-hydrogen) atoms. The van der Waals surface area contributed by atoms with E-state index in [2.05, 4.69) is 16.2 Å². The number of hydrazine groups is 1. The van der Waals surface area contributed by atoms with E-state index in [4.69, 9.17) is 21.7 Å². The van der Waals surface area contributed by atoms with Gasteiger partial charge in [0, 0.05) is 6.54 Å². The number of hydrogen-bond acceptors (Lipinski definition) is 4. The van der Waals surface area contributed by atoms with E-state index in [0.29, 0.717) is 11.7 Å². The summed E-state index contributed by atoms with van der Waals surface area (Å²) in [6, 6.07) is 19.6. The van der Waals surface area contributed by atoms with Gasteiger partial charge >= 0.3 is 0 Å².